The Hall–Kier alpha value is -5.89. The fourth-order valence-electron chi connectivity index (χ4n) is 7.70. The first kappa shape index (κ1) is 26.5. The molecule has 3 aromatic heterocycles. The topological polar surface area (TPSA) is 90.0 Å². The van der Waals surface area contributed by atoms with Crippen molar-refractivity contribution >= 4 is 50.4 Å². The molecule has 2 aliphatic rings. The van der Waals surface area contributed by atoms with Crippen LogP contribution in [0.1, 0.15) is 27.2 Å². The standard InChI is InChI=1S/C38H30N6O2/c1-42-31-17-9-5-13-27(31)36(45)41-35(42)33-25(23-11-3-7-15-29(23)39-33)19-21-38-34-26(24-12-4-8-16-30(24)40-34)20-22-44(38)37(46)28-14-6-10-18-32(28)43(38)2/h3-19,21,39-40H,20,22H2,1-2H3. The molecule has 7 aromatic rings. The molecule has 9 rings (SSSR count). The Labute approximate surface area is 264 Å². The lowest BCUT2D eigenvalue weighted by atomic mass is 9.85. The minimum Gasteiger partial charge on any atom is -0.354 e. The molecule has 0 aliphatic carbocycles. The Bertz CT molecular complexity index is 2480. The Morgan fingerprint density at radius 1 is 0.783 bits per heavy atom. The molecule has 46 heavy (non-hydrogen) atoms. The molecule has 2 aliphatic heterocycles. The number of amides is 1. The molecule has 1 amide bonds. The van der Waals surface area contributed by atoms with Crippen LogP contribution in [0.4, 0.5) is 5.69 Å². The van der Waals surface area contributed by atoms with E-state index in [0.717, 1.165) is 51.0 Å². The lowest BCUT2D eigenvalue weighted by Gasteiger charge is -2.54. The van der Waals surface area contributed by atoms with Crippen LogP contribution >= 0.6 is 0 Å². The zero-order valence-electron chi connectivity index (χ0n) is 25.4. The normalized spacial score (nSPS) is 17.7. The van der Waals surface area contributed by atoms with Crippen LogP contribution in [0, 0.1) is 0 Å². The third-order valence-electron chi connectivity index (χ3n) is 9.90. The first-order chi connectivity index (χ1) is 22.5. The van der Waals surface area contributed by atoms with E-state index in [-0.39, 0.29) is 11.5 Å². The Morgan fingerprint density at radius 3 is 2.28 bits per heavy atom. The average molecular weight is 603 g/mol. The second-order valence-corrected chi connectivity index (χ2v) is 12.1. The summed E-state index contributed by atoms with van der Waals surface area (Å²) in [6.45, 7) is 0.568. The SMILES string of the molecule is CN1c2ccccc2C(=O)N2CCc3c([nH]c4ccccc34)C21C=Cc1c(-c2nc(=O)c3ccccc3n2C)[nH]c2ccccc12. The molecule has 0 saturated carbocycles. The van der Waals surface area contributed by atoms with Crippen molar-refractivity contribution in [3.8, 4) is 11.5 Å². The van der Waals surface area contributed by atoms with Gasteiger partial charge in [0.25, 0.3) is 11.5 Å². The Balaban J connectivity index is 1.33. The highest BCUT2D eigenvalue weighted by molar-refractivity contribution is 6.04. The van der Waals surface area contributed by atoms with E-state index in [0.29, 0.717) is 23.3 Å². The van der Waals surface area contributed by atoms with Gasteiger partial charge in [-0.2, -0.15) is 4.98 Å². The summed E-state index contributed by atoms with van der Waals surface area (Å²) in [7, 11) is 4.00. The lowest BCUT2D eigenvalue weighted by Crippen LogP contribution is -2.63. The molecule has 0 radical (unpaired) electrons. The minimum atomic E-state index is -0.934. The summed E-state index contributed by atoms with van der Waals surface area (Å²) in [6.07, 6.45) is 4.99. The van der Waals surface area contributed by atoms with Gasteiger partial charge in [-0.1, -0.05) is 66.7 Å². The summed E-state index contributed by atoms with van der Waals surface area (Å²) in [6, 6.07) is 31.8. The van der Waals surface area contributed by atoms with Gasteiger partial charge < -0.3 is 24.3 Å². The molecule has 4 aromatic carbocycles. The summed E-state index contributed by atoms with van der Waals surface area (Å²) >= 11 is 0. The van der Waals surface area contributed by atoms with E-state index in [2.05, 4.69) is 63.3 Å². The second-order valence-electron chi connectivity index (χ2n) is 12.1. The van der Waals surface area contributed by atoms with Crippen LogP contribution in [0.3, 0.4) is 0 Å². The van der Waals surface area contributed by atoms with Gasteiger partial charge in [-0.15, -0.1) is 0 Å². The average Bonchev–Trinajstić information content (AvgIpc) is 3.66. The predicted molar refractivity (Wildman–Crippen MR) is 183 cm³/mol. The fraction of sp³-hybridized carbons (Fsp3) is 0.132. The van der Waals surface area contributed by atoms with Crippen LogP contribution in [0.5, 0.6) is 0 Å². The van der Waals surface area contributed by atoms with Gasteiger partial charge in [0.1, 0.15) is 0 Å². The largest absolute Gasteiger partial charge is 0.354 e. The molecule has 0 spiro atoms. The second kappa shape index (κ2) is 9.55. The number of carbonyl (C=O) groups excluding carboxylic acids is 1. The highest BCUT2D eigenvalue weighted by atomic mass is 16.2. The van der Waals surface area contributed by atoms with Gasteiger partial charge in [-0.3, -0.25) is 9.59 Å². The van der Waals surface area contributed by atoms with Gasteiger partial charge >= 0.3 is 0 Å². The zero-order chi connectivity index (χ0) is 31.2. The number of benzene rings is 4. The van der Waals surface area contributed by atoms with E-state index in [1.165, 1.54) is 10.9 Å². The number of aromatic nitrogens is 4. The van der Waals surface area contributed by atoms with Gasteiger partial charge in [0.05, 0.1) is 33.5 Å². The molecule has 1 unspecified atom stereocenters. The number of rotatable bonds is 3. The number of hydrogen-bond donors (Lipinski definition) is 2. The number of hydrogen-bond acceptors (Lipinski definition) is 4. The van der Waals surface area contributed by atoms with Crippen molar-refractivity contribution in [1.29, 1.82) is 0 Å². The number of anilines is 1. The van der Waals surface area contributed by atoms with Crippen LogP contribution in [0.25, 0.3) is 50.3 Å². The number of aromatic amines is 2. The maximum Gasteiger partial charge on any atom is 0.281 e. The highest BCUT2D eigenvalue weighted by Gasteiger charge is 2.52. The quantitative estimate of drug-likeness (QED) is 0.239. The molecule has 0 fully saturated rings. The fourth-order valence-corrected chi connectivity index (χ4v) is 7.70. The Morgan fingerprint density at radius 2 is 1.46 bits per heavy atom. The molecule has 1 atom stereocenters. The highest BCUT2D eigenvalue weighted by Crippen LogP contribution is 2.48. The number of likely N-dealkylation sites (N-methyl/N-ethyl adjacent to an activating group) is 1. The maximum absolute atomic E-state index is 14.3. The van der Waals surface area contributed by atoms with Crippen molar-refractivity contribution in [3.05, 3.63) is 136 Å². The number of para-hydroxylation sites is 4. The van der Waals surface area contributed by atoms with Crippen LogP contribution < -0.4 is 10.5 Å². The van der Waals surface area contributed by atoms with Gasteiger partial charge in [-0.05, 0) is 54.5 Å². The number of carbonyl (C=O) groups is 1. The number of aryl methyl sites for hydroxylation is 1. The maximum atomic E-state index is 14.3. The molecule has 8 heteroatoms. The van der Waals surface area contributed by atoms with Crippen LogP contribution in [0.2, 0.25) is 0 Å². The molecule has 224 valence electrons. The number of H-pyrrole nitrogens is 2. The Kier molecular flexibility index (Phi) is 5.50. The van der Waals surface area contributed by atoms with Gasteiger partial charge in [0.15, 0.2) is 11.5 Å². The van der Waals surface area contributed by atoms with Crippen LogP contribution in [0.15, 0.2) is 108 Å². The van der Waals surface area contributed by atoms with Crippen molar-refractivity contribution in [2.24, 2.45) is 7.05 Å². The number of nitrogens with zero attached hydrogens (tertiary/aromatic N) is 4. The van der Waals surface area contributed by atoms with Crippen molar-refractivity contribution in [2.75, 3.05) is 18.5 Å². The first-order valence-corrected chi connectivity index (χ1v) is 15.5. The van der Waals surface area contributed by atoms with E-state index < -0.39 is 5.66 Å². The van der Waals surface area contributed by atoms with E-state index in [1.54, 1.807) is 0 Å². The minimum absolute atomic E-state index is 0.000369. The first-order valence-electron chi connectivity index (χ1n) is 15.5. The lowest BCUT2D eigenvalue weighted by molar-refractivity contribution is 0.0499. The van der Waals surface area contributed by atoms with E-state index >= 15 is 0 Å². The van der Waals surface area contributed by atoms with Gasteiger partial charge in [0, 0.05) is 48.0 Å². The summed E-state index contributed by atoms with van der Waals surface area (Å²) in [5.74, 6) is 0.544. The molecule has 2 N–H and O–H groups in total. The summed E-state index contributed by atoms with van der Waals surface area (Å²) in [5.41, 5.74) is 6.98. The molecule has 0 saturated heterocycles. The van der Waals surface area contributed by atoms with Crippen molar-refractivity contribution in [3.63, 3.8) is 0 Å². The number of nitrogens with one attached hydrogen (secondary N) is 2. The van der Waals surface area contributed by atoms with Crippen molar-refractivity contribution in [1.82, 2.24) is 24.4 Å². The molecular weight excluding hydrogens is 572 g/mol. The smallest absolute Gasteiger partial charge is 0.281 e. The third kappa shape index (κ3) is 3.46. The van der Waals surface area contributed by atoms with Gasteiger partial charge in [0.2, 0.25) is 0 Å². The zero-order valence-corrected chi connectivity index (χ0v) is 25.4. The van der Waals surface area contributed by atoms with Crippen LogP contribution in [-0.2, 0) is 19.1 Å². The van der Waals surface area contributed by atoms with E-state index in [1.807, 2.05) is 89.3 Å². The molecular formula is C38H30N6O2. The summed E-state index contributed by atoms with van der Waals surface area (Å²) in [5, 5.41) is 2.75. The van der Waals surface area contributed by atoms with Crippen molar-refractivity contribution in [2.45, 2.75) is 12.1 Å². The third-order valence-corrected chi connectivity index (χ3v) is 9.90. The predicted octanol–water partition coefficient (Wildman–Crippen LogP) is 6.58. The van der Waals surface area contributed by atoms with E-state index in [9.17, 15) is 9.59 Å². The summed E-state index contributed by atoms with van der Waals surface area (Å²) in [4.78, 5) is 43.6. The number of fused-ring (bicyclic) bond motifs is 8. The molecule has 0 bridgehead atoms. The molecule has 5 heterocycles. The van der Waals surface area contributed by atoms with Gasteiger partial charge in [-0.25, -0.2) is 0 Å². The monoisotopic (exact) mass is 602 g/mol. The summed E-state index contributed by atoms with van der Waals surface area (Å²) < 4.78 is 1.96. The molecule has 8 nitrogen and oxygen atoms in total. The van der Waals surface area contributed by atoms with E-state index in [4.69, 9.17) is 0 Å². The van der Waals surface area contributed by atoms with Crippen molar-refractivity contribution < 1.29 is 4.79 Å². The van der Waals surface area contributed by atoms with Crippen LogP contribution in [-0.4, -0.2) is 43.9 Å².